The average molecular weight is 364 g/mol. The zero-order chi connectivity index (χ0) is 17.6. The van der Waals surface area contributed by atoms with Crippen LogP contribution in [-0.2, 0) is 19.6 Å². The van der Waals surface area contributed by atoms with Gasteiger partial charge in [0.25, 0.3) is 0 Å². The number of nitrogens with zero attached hydrogens (tertiary/aromatic N) is 2. The Hall–Kier alpha value is -1.65. The molecule has 2 aliphatic rings. The number of benzene rings is 1. The van der Waals surface area contributed by atoms with E-state index in [9.17, 15) is 26.4 Å². The first kappa shape index (κ1) is 17.2. The number of carbonyl (C=O) groups excluding carboxylic acids is 1. The summed E-state index contributed by atoms with van der Waals surface area (Å²) in [5.41, 5.74) is 0. The van der Waals surface area contributed by atoms with Crippen molar-refractivity contribution >= 4 is 15.9 Å². The van der Waals surface area contributed by atoms with E-state index in [1.165, 1.54) is 4.90 Å². The number of hydrogen-bond donors (Lipinski definition) is 0. The zero-order valence-corrected chi connectivity index (χ0v) is 13.5. The summed E-state index contributed by atoms with van der Waals surface area (Å²) >= 11 is 0. The van der Waals surface area contributed by atoms with Gasteiger partial charge in [0.05, 0.1) is 25.2 Å². The van der Waals surface area contributed by atoms with Crippen molar-refractivity contribution in [3.63, 3.8) is 0 Å². The van der Waals surface area contributed by atoms with Crippen molar-refractivity contribution in [2.45, 2.75) is 10.9 Å². The highest BCUT2D eigenvalue weighted by Crippen LogP contribution is 2.27. The van der Waals surface area contributed by atoms with Crippen molar-refractivity contribution in [3.05, 3.63) is 29.6 Å². The molecule has 1 amide bonds. The second-order valence-electron chi connectivity index (χ2n) is 5.86. The highest BCUT2D eigenvalue weighted by atomic mass is 32.2. The van der Waals surface area contributed by atoms with Gasteiger partial charge in [0.1, 0.15) is 10.7 Å². The third kappa shape index (κ3) is 2.78. The van der Waals surface area contributed by atoms with E-state index in [4.69, 9.17) is 4.74 Å². The molecule has 2 fully saturated rings. The molecule has 0 unspecified atom stereocenters. The predicted octanol–water partition coefficient (Wildman–Crippen LogP) is 0.582. The fourth-order valence-electron chi connectivity index (χ4n) is 2.90. The fourth-order valence-corrected chi connectivity index (χ4v) is 4.48. The molecule has 1 aromatic rings. The largest absolute Gasteiger partial charge is 0.378 e. The van der Waals surface area contributed by atoms with Crippen molar-refractivity contribution in [3.8, 4) is 0 Å². The lowest BCUT2D eigenvalue weighted by atomic mass is 10.1. The van der Waals surface area contributed by atoms with Crippen LogP contribution in [0.5, 0.6) is 0 Å². The number of likely N-dealkylation sites (N-methyl/N-ethyl adjacent to an activating group) is 1. The Labute approximate surface area is 136 Å². The molecule has 0 saturated carbocycles. The van der Waals surface area contributed by atoms with Gasteiger partial charge in [-0.2, -0.15) is 4.31 Å². The van der Waals surface area contributed by atoms with Gasteiger partial charge in [0.2, 0.25) is 15.9 Å². The Morgan fingerprint density at radius 1 is 1.08 bits per heavy atom. The number of halogens is 3. The second-order valence-corrected chi connectivity index (χ2v) is 7.76. The number of hydrogen-bond acceptors (Lipinski definition) is 4. The molecule has 0 N–H and O–H groups in total. The molecule has 132 valence electrons. The molecule has 6 nitrogen and oxygen atoms in total. The minimum absolute atomic E-state index is 0.0476. The van der Waals surface area contributed by atoms with Gasteiger partial charge in [-0.15, -0.1) is 0 Å². The molecule has 2 atom stereocenters. The zero-order valence-electron chi connectivity index (χ0n) is 12.7. The van der Waals surface area contributed by atoms with Crippen LogP contribution in [0.3, 0.4) is 0 Å². The summed E-state index contributed by atoms with van der Waals surface area (Å²) in [6.07, 6.45) is 0. The van der Waals surface area contributed by atoms with Crippen molar-refractivity contribution in [1.82, 2.24) is 9.21 Å². The summed E-state index contributed by atoms with van der Waals surface area (Å²) in [6, 6.07) is -0.0163. The lowest BCUT2D eigenvalue weighted by molar-refractivity contribution is -0.133. The third-order valence-corrected chi connectivity index (χ3v) is 6.15. The third-order valence-electron chi connectivity index (χ3n) is 4.30. The maximum absolute atomic E-state index is 13.9. The number of amides is 1. The van der Waals surface area contributed by atoms with Crippen molar-refractivity contribution < 1.29 is 31.1 Å². The van der Waals surface area contributed by atoms with Crippen LogP contribution >= 0.6 is 0 Å². The van der Waals surface area contributed by atoms with E-state index < -0.39 is 44.3 Å². The van der Waals surface area contributed by atoms with Crippen LogP contribution in [0.15, 0.2) is 17.0 Å². The first-order valence-corrected chi connectivity index (χ1v) is 8.65. The summed E-state index contributed by atoms with van der Waals surface area (Å²) in [7, 11) is -2.88. The van der Waals surface area contributed by atoms with Gasteiger partial charge in [-0.25, -0.2) is 21.6 Å². The molecule has 0 radical (unpaired) electrons. The quantitative estimate of drug-likeness (QED) is 0.720. The maximum Gasteiger partial charge on any atom is 0.246 e. The summed E-state index contributed by atoms with van der Waals surface area (Å²) in [6.45, 7) is -0.128. The van der Waals surface area contributed by atoms with Gasteiger partial charge in [0, 0.05) is 26.2 Å². The van der Waals surface area contributed by atoms with Gasteiger partial charge in [-0.05, 0) is 6.07 Å². The monoisotopic (exact) mass is 364 g/mol. The molecule has 2 bridgehead atoms. The van der Waals surface area contributed by atoms with Crippen molar-refractivity contribution in [2.24, 2.45) is 5.92 Å². The van der Waals surface area contributed by atoms with Gasteiger partial charge >= 0.3 is 0 Å². The van der Waals surface area contributed by atoms with Crippen LogP contribution < -0.4 is 0 Å². The van der Waals surface area contributed by atoms with Crippen LogP contribution in [0, 0.1) is 23.4 Å². The Morgan fingerprint density at radius 2 is 1.75 bits per heavy atom. The maximum atomic E-state index is 13.9. The summed E-state index contributed by atoms with van der Waals surface area (Å²) < 4.78 is 72.0. The number of carbonyl (C=O) groups is 1. The summed E-state index contributed by atoms with van der Waals surface area (Å²) in [5.74, 6) is -5.30. The summed E-state index contributed by atoms with van der Waals surface area (Å²) in [5, 5.41) is 0. The minimum Gasteiger partial charge on any atom is -0.378 e. The van der Waals surface area contributed by atoms with Crippen LogP contribution in [-0.4, -0.2) is 62.9 Å². The topological polar surface area (TPSA) is 66.9 Å². The second kappa shape index (κ2) is 6.01. The first-order valence-electron chi connectivity index (χ1n) is 7.21. The van der Waals surface area contributed by atoms with Crippen molar-refractivity contribution in [1.29, 1.82) is 0 Å². The molecule has 0 spiro atoms. The van der Waals surface area contributed by atoms with Crippen LogP contribution in [0.4, 0.5) is 13.2 Å². The lowest BCUT2D eigenvalue weighted by Gasteiger charge is -2.28. The molecule has 2 heterocycles. The molecule has 0 aliphatic carbocycles. The number of rotatable bonds is 2. The summed E-state index contributed by atoms with van der Waals surface area (Å²) in [4.78, 5) is 12.7. The smallest absolute Gasteiger partial charge is 0.246 e. The number of fused-ring (bicyclic) bond motifs is 3. The molecule has 24 heavy (non-hydrogen) atoms. The van der Waals surface area contributed by atoms with E-state index in [2.05, 4.69) is 0 Å². The molecular weight excluding hydrogens is 349 g/mol. The van der Waals surface area contributed by atoms with E-state index in [-0.39, 0.29) is 38.3 Å². The molecular formula is C14H15F3N2O4S. The number of ether oxygens (including phenoxy) is 1. The number of sulfonamides is 1. The molecule has 2 aliphatic heterocycles. The van der Waals surface area contributed by atoms with Gasteiger partial charge in [-0.1, -0.05) is 0 Å². The van der Waals surface area contributed by atoms with Crippen molar-refractivity contribution in [2.75, 3.05) is 33.4 Å². The minimum atomic E-state index is -4.43. The normalized spacial score (nSPS) is 25.7. The van der Waals surface area contributed by atoms with Crippen LogP contribution in [0.1, 0.15) is 0 Å². The molecule has 3 rings (SSSR count). The van der Waals surface area contributed by atoms with E-state index in [1.807, 2.05) is 0 Å². The van der Waals surface area contributed by atoms with E-state index >= 15 is 0 Å². The van der Waals surface area contributed by atoms with E-state index in [0.717, 1.165) is 4.31 Å². The Morgan fingerprint density at radius 3 is 2.46 bits per heavy atom. The van der Waals surface area contributed by atoms with E-state index in [0.29, 0.717) is 6.07 Å². The highest BCUT2D eigenvalue weighted by Gasteiger charge is 2.42. The Bertz CT molecular complexity index is 786. The van der Waals surface area contributed by atoms with Crippen LogP contribution in [0.25, 0.3) is 0 Å². The SMILES string of the molecule is CN1C(=O)[C@H]2COC[C@@H]1CN(S(=O)(=O)c1cc(F)c(F)cc1F)C2. The molecule has 2 saturated heterocycles. The Balaban J connectivity index is 2.02. The molecule has 1 aromatic carbocycles. The van der Waals surface area contributed by atoms with E-state index in [1.54, 1.807) is 7.05 Å². The standard InChI is InChI=1S/C14H15F3N2O4S/c1-18-9-5-19(4-8(14(18)20)6-23-7-9)24(21,22)13-3-11(16)10(15)2-12(13)17/h2-3,8-9H,4-7H2,1H3/t8-,9+/m1/s1. The Kier molecular flexibility index (Phi) is 4.30. The average Bonchev–Trinajstić information content (AvgIpc) is 2.68. The lowest BCUT2D eigenvalue weighted by Crippen LogP contribution is -2.45. The van der Waals surface area contributed by atoms with Crippen LogP contribution in [0.2, 0.25) is 0 Å². The first-order chi connectivity index (χ1) is 11.2. The predicted molar refractivity (Wildman–Crippen MR) is 75.9 cm³/mol. The van der Waals surface area contributed by atoms with Gasteiger partial charge in [-0.3, -0.25) is 4.79 Å². The fraction of sp³-hybridized carbons (Fsp3) is 0.500. The van der Waals surface area contributed by atoms with Gasteiger partial charge < -0.3 is 9.64 Å². The molecule has 0 aromatic heterocycles. The van der Waals surface area contributed by atoms with Gasteiger partial charge in [0.15, 0.2) is 11.6 Å². The molecule has 10 heteroatoms. The highest BCUT2D eigenvalue weighted by molar-refractivity contribution is 7.89.